The maximum Gasteiger partial charge on any atom is 0.189 e. The molecule has 0 radical (unpaired) electrons. The van der Waals surface area contributed by atoms with Gasteiger partial charge < -0.3 is 16.2 Å². The Morgan fingerprint density at radius 2 is 2.05 bits per heavy atom. The molecule has 0 amide bonds. The molecule has 1 atom stereocenters. The van der Waals surface area contributed by atoms with E-state index in [9.17, 15) is 5.11 Å². The molecule has 0 aliphatic rings. The first kappa shape index (κ1) is 18.2. The Bertz CT molecular complexity index is 427. The zero-order valence-electron chi connectivity index (χ0n) is 12.0. The fraction of sp³-hybridized carbons (Fsp3) is 0.500. The Labute approximate surface area is 132 Å². The molecule has 0 aliphatic carbocycles. The smallest absolute Gasteiger partial charge is 0.189 e. The summed E-state index contributed by atoms with van der Waals surface area (Å²) >= 11 is 0. The van der Waals surface area contributed by atoms with Crippen molar-refractivity contribution in [2.75, 3.05) is 6.54 Å². The average molecular weight is 377 g/mol. The molecule has 1 aromatic rings. The molecule has 5 heteroatoms. The molecule has 0 heterocycles. The molecule has 4 N–H and O–H groups in total. The lowest BCUT2D eigenvalue weighted by molar-refractivity contribution is 0.187. The van der Waals surface area contributed by atoms with Crippen LogP contribution in [0.25, 0.3) is 0 Å². The van der Waals surface area contributed by atoms with Crippen LogP contribution >= 0.6 is 24.0 Å². The lowest BCUT2D eigenvalue weighted by atomic mass is 10.1. The van der Waals surface area contributed by atoms with Gasteiger partial charge in [0, 0.05) is 5.54 Å². The second-order valence-electron chi connectivity index (χ2n) is 5.53. The van der Waals surface area contributed by atoms with Gasteiger partial charge in [-0.1, -0.05) is 29.8 Å². The van der Waals surface area contributed by atoms with Gasteiger partial charge in [0.15, 0.2) is 5.96 Å². The largest absolute Gasteiger partial charge is 0.386 e. The third kappa shape index (κ3) is 7.37. The lowest BCUT2D eigenvalue weighted by Gasteiger charge is -2.21. The molecule has 0 bridgehead atoms. The summed E-state index contributed by atoms with van der Waals surface area (Å²) in [7, 11) is 0. The Balaban J connectivity index is 0.00000324. The molecule has 0 saturated heterocycles. The number of benzene rings is 1. The number of rotatable bonds is 3. The van der Waals surface area contributed by atoms with Crippen molar-refractivity contribution in [2.24, 2.45) is 10.7 Å². The van der Waals surface area contributed by atoms with Gasteiger partial charge in [0.05, 0.1) is 12.6 Å². The van der Waals surface area contributed by atoms with Crippen LogP contribution < -0.4 is 11.1 Å². The number of aliphatic hydroxyl groups is 1. The van der Waals surface area contributed by atoms with E-state index in [1.54, 1.807) is 0 Å². The Hall–Kier alpha value is -0.820. The van der Waals surface area contributed by atoms with Crippen molar-refractivity contribution >= 4 is 29.9 Å². The summed E-state index contributed by atoms with van der Waals surface area (Å²) in [6.45, 7) is 8.28. The first-order chi connectivity index (χ1) is 8.28. The number of aryl methyl sites for hydroxylation is 1. The molecule has 0 aromatic heterocycles. The highest BCUT2D eigenvalue weighted by molar-refractivity contribution is 14.0. The van der Waals surface area contributed by atoms with E-state index in [-0.39, 0.29) is 36.1 Å². The topological polar surface area (TPSA) is 70.6 Å². The fourth-order valence-electron chi connectivity index (χ4n) is 1.59. The van der Waals surface area contributed by atoms with Gasteiger partial charge in [-0.05, 0) is 33.3 Å². The SMILES string of the molecule is Cc1cccc(C(O)CN=C(N)NC(C)(C)C)c1.I. The van der Waals surface area contributed by atoms with Gasteiger partial charge in [-0.2, -0.15) is 0 Å². The second kappa shape index (κ2) is 7.69. The van der Waals surface area contributed by atoms with E-state index in [1.165, 1.54) is 0 Å². The third-order valence-corrected chi connectivity index (χ3v) is 2.36. The van der Waals surface area contributed by atoms with Crippen molar-refractivity contribution in [1.82, 2.24) is 5.32 Å². The predicted octanol–water partition coefficient (Wildman–Crippen LogP) is 2.35. The zero-order chi connectivity index (χ0) is 13.8. The highest BCUT2D eigenvalue weighted by atomic mass is 127. The maximum atomic E-state index is 10.0. The van der Waals surface area contributed by atoms with E-state index in [2.05, 4.69) is 10.3 Å². The standard InChI is InChI=1S/C14H23N3O.HI/c1-10-6-5-7-11(8-10)12(18)9-16-13(15)17-14(2,3)4;/h5-8,12,18H,9H2,1-4H3,(H3,15,16,17);1H. The Morgan fingerprint density at radius 3 is 2.58 bits per heavy atom. The number of nitrogens with two attached hydrogens (primary N) is 1. The Kier molecular flexibility index (Phi) is 7.36. The molecule has 1 unspecified atom stereocenters. The highest BCUT2D eigenvalue weighted by Crippen LogP contribution is 2.14. The monoisotopic (exact) mass is 377 g/mol. The molecule has 0 saturated carbocycles. The van der Waals surface area contributed by atoms with Crippen LogP contribution in [0.3, 0.4) is 0 Å². The van der Waals surface area contributed by atoms with Gasteiger partial charge in [-0.3, -0.25) is 4.99 Å². The molecule has 108 valence electrons. The Morgan fingerprint density at radius 1 is 1.42 bits per heavy atom. The average Bonchev–Trinajstić information content (AvgIpc) is 2.23. The first-order valence-corrected chi connectivity index (χ1v) is 6.10. The van der Waals surface area contributed by atoms with Gasteiger partial charge in [0.25, 0.3) is 0 Å². The van der Waals surface area contributed by atoms with Gasteiger partial charge in [-0.25, -0.2) is 0 Å². The van der Waals surface area contributed by atoms with Gasteiger partial charge >= 0.3 is 0 Å². The number of hydrogen-bond donors (Lipinski definition) is 3. The van der Waals surface area contributed by atoms with E-state index < -0.39 is 6.10 Å². The van der Waals surface area contributed by atoms with Crippen LogP contribution in [0.15, 0.2) is 29.3 Å². The quantitative estimate of drug-likeness (QED) is 0.430. The lowest BCUT2D eigenvalue weighted by Crippen LogP contribution is -2.45. The molecule has 0 aliphatic heterocycles. The van der Waals surface area contributed by atoms with Gasteiger partial charge in [0.1, 0.15) is 0 Å². The van der Waals surface area contributed by atoms with E-state index >= 15 is 0 Å². The summed E-state index contributed by atoms with van der Waals surface area (Å²) in [6.07, 6.45) is -0.620. The summed E-state index contributed by atoms with van der Waals surface area (Å²) < 4.78 is 0. The summed E-state index contributed by atoms with van der Waals surface area (Å²) in [5, 5.41) is 13.1. The van der Waals surface area contributed by atoms with Gasteiger partial charge in [-0.15, -0.1) is 24.0 Å². The van der Waals surface area contributed by atoms with Crippen molar-refractivity contribution < 1.29 is 5.11 Å². The highest BCUT2D eigenvalue weighted by Gasteiger charge is 2.11. The van der Waals surface area contributed by atoms with E-state index in [0.717, 1.165) is 11.1 Å². The third-order valence-electron chi connectivity index (χ3n) is 2.36. The van der Waals surface area contributed by atoms with Crippen molar-refractivity contribution in [2.45, 2.75) is 39.3 Å². The molecule has 19 heavy (non-hydrogen) atoms. The van der Waals surface area contributed by atoms with Gasteiger partial charge in [0.2, 0.25) is 0 Å². The minimum Gasteiger partial charge on any atom is -0.386 e. The van der Waals surface area contributed by atoms with Crippen LogP contribution in [-0.2, 0) is 0 Å². The number of halogens is 1. The summed E-state index contributed by atoms with van der Waals surface area (Å²) in [4.78, 5) is 4.15. The predicted molar refractivity (Wildman–Crippen MR) is 90.9 cm³/mol. The maximum absolute atomic E-state index is 10.0. The first-order valence-electron chi connectivity index (χ1n) is 6.10. The van der Waals surface area contributed by atoms with E-state index in [4.69, 9.17) is 5.73 Å². The summed E-state index contributed by atoms with van der Waals surface area (Å²) in [5.74, 6) is 0.356. The minimum absolute atomic E-state index is 0. The van der Waals surface area contributed by atoms with Crippen molar-refractivity contribution in [3.05, 3.63) is 35.4 Å². The summed E-state index contributed by atoms with van der Waals surface area (Å²) in [5.41, 5.74) is 7.61. The molecule has 1 rings (SSSR count). The number of nitrogens with one attached hydrogen (secondary N) is 1. The molecular formula is C14H24IN3O. The van der Waals surface area contributed by atoms with Crippen LogP contribution in [0.2, 0.25) is 0 Å². The van der Waals surface area contributed by atoms with Crippen LogP contribution in [-0.4, -0.2) is 23.1 Å². The van der Waals surface area contributed by atoms with Crippen LogP contribution in [0, 0.1) is 6.92 Å². The number of aliphatic imine (C=N–C) groups is 1. The number of hydrogen-bond acceptors (Lipinski definition) is 2. The molecular weight excluding hydrogens is 353 g/mol. The zero-order valence-corrected chi connectivity index (χ0v) is 14.3. The molecule has 0 spiro atoms. The van der Waals surface area contributed by atoms with Crippen molar-refractivity contribution in [1.29, 1.82) is 0 Å². The van der Waals surface area contributed by atoms with Crippen LogP contribution in [0.4, 0.5) is 0 Å². The van der Waals surface area contributed by atoms with E-state index in [0.29, 0.717) is 5.96 Å². The second-order valence-corrected chi connectivity index (χ2v) is 5.53. The van der Waals surface area contributed by atoms with E-state index in [1.807, 2.05) is 52.0 Å². The van der Waals surface area contributed by atoms with Crippen molar-refractivity contribution in [3.63, 3.8) is 0 Å². The normalized spacial score (nSPS) is 13.6. The summed E-state index contributed by atoms with van der Waals surface area (Å²) in [6, 6.07) is 7.76. The minimum atomic E-state index is -0.620. The number of guanidine groups is 1. The molecule has 1 aromatic carbocycles. The molecule has 0 fully saturated rings. The molecule has 4 nitrogen and oxygen atoms in total. The number of aliphatic hydroxyl groups excluding tert-OH is 1. The van der Waals surface area contributed by atoms with Crippen molar-refractivity contribution in [3.8, 4) is 0 Å². The van der Waals surface area contributed by atoms with Crippen LogP contribution in [0.5, 0.6) is 0 Å². The van der Waals surface area contributed by atoms with Crippen LogP contribution in [0.1, 0.15) is 38.0 Å². The fourth-order valence-corrected chi connectivity index (χ4v) is 1.59. The number of nitrogens with zero attached hydrogens (tertiary/aromatic N) is 1.